The zero-order chi connectivity index (χ0) is 21.1. The van der Waals surface area contributed by atoms with Gasteiger partial charge in [-0.3, -0.25) is 0 Å². The van der Waals surface area contributed by atoms with E-state index in [-0.39, 0.29) is 13.1 Å². The molecule has 156 valence electrons. The number of rotatable bonds is 6. The van der Waals surface area contributed by atoms with Gasteiger partial charge in [0.25, 0.3) is 0 Å². The summed E-state index contributed by atoms with van der Waals surface area (Å²) in [6, 6.07) is 14.3. The molecule has 2 aromatic carbocycles. The first-order chi connectivity index (χ1) is 13.7. The Labute approximate surface area is 169 Å². The fourth-order valence-corrected chi connectivity index (χ4v) is 4.86. The highest BCUT2D eigenvalue weighted by atomic mass is 32.2. The molecule has 0 N–H and O–H groups in total. The zero-order valence-corrected chi connectivity index (χ0v) is 17.0. The fraction of sp³-hybridized carbons (Fsp3) is 0.263. The molecule has 29 heavy (non-hydrogen) atoms. The van der Waals surface area contributed by atoms with E-state index in [2.05, 4.69) is 0 Å². The lowest BCUT2D eigenvalue weighted by Gasteiger charge is -2.34. The minimum absolute atomic E-state index is 0.262. The lowest BCUT2D eigenvalue weighted by atomic mass is 10.2. The molecule has 1 aliphatic rings. The molecule has 0 aromatic heterocycles. The highest BCUT2D eigenvalue weighted by Crippen LogP contribution is 2.23. The maximum absolute atomic E-state index is 12.6. The van der Waals surface area contributed by atoms with Crippen LogP contribution < -0.4 is 4.90 Å². The van der Waals surface area contributed by atoms with E-state index in [0.29, 0.717) is 18.8 Å². The van der Waals surface area contributed by atoms with Crippen LogP contribution in [0.5, 0.6) is 0 Å². The first-order valence-corrected chi connectivity index (χ1v) is 11.9. The molecule has 3 rings (SSSR count). The van der Waals surface area contributed by atoms with Crippen LogP contribution in [0.15, 0.2) is 64.9 Å². The third-order valence-electron chi connectivity index (χ3n) is 4.60. The Morgan fingerprint density at radius 2 is 1.41 bits per heavy atom. The van der Waals surface area contributed by atoms with Gasteiger partial charge in [-0.05, 0) is 35.9 Å². The number of hydrogen-bond donors (Lipinski definition) is 0. The summed E-state index contributed by atoms with van der Waals surface area (Å²) in [7, 11) is -8.19. The highest BCUT2D eigenvalue weighted by molar-refractivity contribution is 7.92. The molecule has 10 heteroatoms. The summed E-state index contributed by atoms with van der Waals surface area (Å²) in [5.74, 6) is -3.47. The lowest BCUT2D eigenvalue weighted by molar-refractivity contribution is 0.234. The molecule has 1 fully saturated rings. The van der Waals surface area contributed by atoms with E-state index < -0.39 is 30.5 Å². The summed E-state index contributed by atoms with van der Waals surface area (Å²) in [4.78, 5) is 1.44. The van der Waals surface area contributed by atoms with E-state index in [0.717, 1.165) is 17.7 Å². The van der Waals surface area contributed by atoms with Crippen LogP contribution in [-0.2, 0) is 19.9 Å². The summed E-state index contributed by atoms with van der Waals surface area (Å²) in [6.07, 6.45) is 1.55. The Bertz CT molecular complexity index is 1060. The molecular formula is C19H20F2N2O4S2. The van der Waals surface area contributed by atoms with Gasteiger partial charge in [-0.25, -0.2) is 16.8 Å². The van der Waals surface area contributed by atoms with Gasteiger partial charge >= 0.3 is 5.76 Å². The molecule has 0 aliphatic carbocycles. The molecule has 0 atom stereocenters. The maximum Gasteiger partial charge on any atom is 0.341 e. The van der Waals surface area contributed by atoms with E-state index in [9.17, 15) is 25.6 Å². The molecule has 0 bridgehead atoms. The van der Waals surface area contributed by atoms with Gasteiger partial charge in [-0.15, -0.1) is 0 Å². The van der Waals surface area contributed by atoms with E-state index in [1.807, 2.05) is 35.2 Å². The summed E-state index contributed by atoms with van der Waals surface area (Å²) in [5.41, 5.74) is 1.43. The second kappa shape index (κ2) is 8.60. The highest BCUT2D eigenvalue weighted by Gasteiger charge is 2.28. The third kappa shape index (κ3) is 5.01. The number of sulfonamides is 1. The summed E-state index contributed by atoms with van der Waals surface area (Å²) < 4.78 is 74.6. The van der Waals surface area contributed by atoms with Crippen LogP contribution in [-0.4, -0.2) is 53.1 Å². The minimum atomic E-state index is -4.63. The summed E-state index contributed by atoms with van der Waals surface area (Å²) >= 11 is 0. The van der Waals surface area contributed by atoms with Gasteiger partial charge in [0.15, 0.2) is 0 Å². The van der Waals surface area contributed by atoms with Crippen molar-refractivity contribution in [3.8, 4) is 0 Å². The van der Waals surface area contributed by atoms with Crippen LogP contribution in [0.1, 0.15) is 5.56 Å². The Kier molecular flexibility index (Phi) is 6.35. The van der Waals surface area contributed by atoms with Crippen molar-refractivity contribution in [3.63, 3.8) is 0 Å². The summed E-state index contributed by atoms with van der Waals surface area (Å²) in [6.45, 7) is 1.33. The van der Waals surface area contributed by atoms with Crippen molar-refractivity contribution < 1.29 is 25.6 Å². The second-order valence-corrected chi connectivity index (χ2v) is 10.2. The quantitative estimate of drug-likeness (QED) is 0.688. The topological polar surface area (TPSA) is 74.8 Å². The van der Waals surface area contributed by atoms with Crippen molar-refractivity contribution >= 4 is 31.6 Å². The van der Waals surface area contributed by atoms with Crippen molar-refractivity contribution in [3.05, 3.63) is 65.6 Å². The average molecular weight is 443 g/mol. The number of sulfone groups is 1. The van der Waals surface area contributed by atoms with Gasteiger partial charge in [0.05, 0.1) is 4.90 Å². The van der Waals surface area contributed by atoms with Crippen molar-refractivity contribution in [2.45, 2.75) is 10.7 Å². The predicted molar refractivity (Wildman–Crippen MR) is 108 cm³/mol. The van der Waals surface area contributed by atoms with E-state index in [4.69, 9.17) is 0 Å². The molecule has 6 nitrogen and oxygen atoms in total. The number of halogens is 2. The van der Waals surface area contributed by atoms with Gasteiger partial charge in [0, 0.05) is 37.3 Å². The van der Waals surface area contributed by atoms with Crippen LogP contribution >= 0.6 is 0 Å². The Hall–Kier alpha value is -2.30. The van der Waals surface area contributed by atoms with Crippen LogP contribution in [0.3, 0.4) is 0 Å². The molecule has 1 heterocycles. The molecule has 1 saturated heterocycles. The van der Waals surface area contributed by atoms with Gasteiger partial charge in [0.2, 0.25) is 19.9 Å². The van der Waals surface area contributed by atoms with E-state index >= 15 is 0 Å². The molecule has 0 radical (unpaired) electrons. The molecule has 0 amide bonds. The third-order valence-corrected chi connectivity index (χ3v) is 7.56. The number of piperazine rings is 1. The standard InChI is InChI=1S/C19H20F2N2O4S2/c20-19(21)29(26,27)18-8-6-17(7-9-18)22-11-13-23(14-12-22)28(24,25)15-10-16-4-2-1-3-5-16/h1-10,15,19H,11-14H2. The van der Waals surface area contributed by atoms with Crippen LogP contribution in [0.4, 0.5) is 14.5 Å². The Balaban J connectivity index is 1.64. The molecular weight excluding hydrogens is 422 g/mol. The Morgan fingerprint density at radius 1 is 0.828 bits per heavy atom. The van der Waals surface area contributed by atoms with Crippen molar-refractivity contribution in [2.24, 2.45) is 0 Å². The average Bonchev–Trinajstić information content (AvgIpc) is 2.73. The summed E-state index contributed by atoms with van der Waals surface area (Å²) in [5, 5.41) is 1.18. The zero-order valence-electron chi connectivity index (χ0n) is 15.4. The van der Waals surface area contributed by atoms with Gasteiger partial charge < -0.3 is 4.90 Å². The van der Waals surface area contributed by atoms with Crippen molar-refractivity contribution in [2.75, 3.05) is 31.1 Å². The minimum Gasteiger partial charge on any atom is -0.369 e. The predicted octanol–water partition coefficient (Wildman–Crippen LogP) is 2.81. The SMILES string of the molecule is O=S(=O)(c1ccc(N2CCN(S(=O)(=O)C=Cc3ccccc3)CC2)cc1)C(F)F. The van der Waals surface area contributed by atoms with Gasteiger partial charge in [-0.2, -0.15) is 13.1 Å². The molecule has 0 unspecified atom stereocenters. The number of anilines is 1. The van der Waals surface area contributed by atoms with E-state index in [1.165, 1.54) is 21.8 Å². The van der Waals surface area contributed by atoms with Crippen molar-refractivity contribution in [1.29, 1.82) is 0 Å². The van der Waals surface area contributed by atoms with Gasteiger partial charge in [0.1, 0.15) is 0 Å². The lowest BCUT2D eigenvalue weighted by Crippen LogP contribution is -2.48. The maximum atomic E-state index is 12.6. The number of benzene rings is 2. The monoisotopic (exact) mass is 442 g/mol. The Morgan fingerprint density at radius 3 is 1.97 bits per heavy atom. The van der Waals surface area contributed by atoms with Crippen molar-refractivity contribution in [1.82, 2.24) is 4.31 Å². The largest absolute Gasteiger partial charge is 0.369 e. The smallest absolute Gasteiger partial charge is 0.341 e. The molecule has 0 saturated carbocycles. The number of alkyl halides is 2. The van der Waals surface area contributed by atoms with Gasteiger partial charge in [-0.1, -0.05) is 30.3 Å². The number of nitrogens with zero attached hydrogens (tertiary/aromatic N) is 2. The van der Waals surface area contributed by atoms with Crippen LogP contribution in [0.2, 0.25) is 0 Å². The second-order valence-electron chi connectivity index (χ2n) is 6.44. The molecule has 0 spiro atoms. The fourth-order valence-electron chi connectivity index (χ4n) is 2.97. The van der Waals surface area contributed by atoms with E-state index in [1.54, 1.807) is 6.08 Å². The van der Waals surface area contributed by atoms with Crippen LogP contribution in [0, 0.1) is 0 Å². The number of hydrogen-bond acceptors (Lipinski definition) is 5. The first-order valence-electron chi connectivity index (χ1n) is 8.80. The normalized spacial score (nSPS) is 16.6. The molecule has 1 aliphatic heterocycles. The molecule has 2 aromatic rings. The first kappa shape index (κ1) is 21.4. The van der Waals surface area contributed by atoms with Crippen LogP contribution in [0.25, 0.3) is 6.08 Å².